The summed E-state index contributed by atoms with van der Waals surface area (Å²) in [6.07, 6.45) is 3.99. The van der Waals surface area contributed by atoms with Gasteiger partial charge in [-0.2, -0.15) is 4.98 Å². The van der Waals surface area contributed by atoms with Crippen LogP contribution in [0.3, 0.4) is 0 Å². The van der Waals surface area contributed by atoms with Crippen molar-refractivity contribution in [3.8, 4) is 11.5 Å². The van der Waals surface area contributed by atoms with Crippen LogP contribution in [0.25, 0.3) is 11.5 Å². The van der Waals surface area contributed by atoms with Crippen molar-refractivity contribution < 1.29 is 9.32 Å². The molecule has 0 N–H and O–H groups in total. The van der Waals surface area contributed by atoms with E-state index in [1.165, 1.54) is 5.56 Å². The van der Waals surface area contributed by atoms with Crippen LogP contribution in [0.5, 0.6) is 0 Å². The van der Waals surface area contributed by atoms with Gasteiger partial charge in [0, 0.05) is 25.6 Å². The van der Waals surface area contributed by atoms with Gasteiger partial charge in [-0.1, -0.05) is 22.9 Å². The molecule has 1 spiro atoms. The van der Waals surface area contributed by atoms with Crippen molar-refractivity contribution in [3.05, 3.63) is 35.7 Å². The fourth-order valence-electron chi connectivity index (χ4n) is 4.16. The Hall–Kier alpha value is -2.21. The van der Waals surface area contributed by atoms with Crippen molar-refractivity contribution in [2.75, 3.05) is 26.7 Å². The van der Waals surface area contributed by atoms with E-state index in [2.05, 4.69) is 34.1 Å². The van der Waals surface area contributed by atoms with Crippen LogP contribution in [-0.2, 0) is 11.3 Å². The number of aromatic nitrogens is 2. The standard InChI is InChI=1S/C20H26N4O2/c1-15-3-5-16(6-4-15)19-21-17(22-26-19)13-24-11-9-20(10-12-24)8-7-18(25)23(2)14-20/h3-6H,7-14H2,1-2H3. The highest BCUT2D eigenvalue weighted by molar-refractivity contribution is 5.76. The number of rotatable bonds is 3. The number of aryl methyl sites for hydroxylation is 1. The van der Waals surface area contributed by atoms with Gasteiger partial charge in [0.2, 0.25) is 5.91 Å². The minimum Gasteiger partial charge on any atom is -0.345 e. The summed E-state index contributed by atoms with van der Waals surface area (Å²) in [5.74, 6) is 1.61. The first-order valence-corrected chi connectivity index (χ1v) is 9.39. The molecule has 2 fully saturated rings. The molecule has 26 heavy (non-hydrogen) atoms. The van der Waals surface area contributed by atoms with Gasteiger partial charge in [-0.15, -0.1) is 0 Å². The van der Waals surface area contributed by atoms with Gasteiger partial charge in [-0.25, -0.2) is 0 Å². The molecule has 0 unspecified atom stereocenters. The SMILES string of the molecule is Cc1ccc(-c2nc(CN3CCC4(CCC(=O)N(C)C4)CC3)no2)cc1. The van der Waals surface area contributed by atoms with Gasteiger partial charge < -0.3 is 9.42 Å². The van der Waals surface area contributed by atoms with Crippen molar-refractivity contribution in [2.45, 2.75) is 39.2 Å². The molecule has 0 saturated carbocycles. The molecule has 4 rings (SSSR count). The number of hydrogen-bond acceptors (Lipinski definition) is 5. The Kier molecular flexibility index (Phi) is 4.53. The van der Waals surface area contributed by atoms with Crippen molar-refractivity contribution >= 4 is 5.91 Å². The van der Waals surface area contributed by atoms with E-state index >= 15 is 0 Å². The van der Waals surface area contributed by atoms with Crippen LogP contribution >= 0.6 is 0 Å². The Bertz CT molecular complexity index is 775. The van der Waals surface area contributed by atoms with Gasteiger partial charge >= 0.3 is 0 Å². The predicted molar refractivity (Wildman–Crippen MR) is 98.3 cm³/mol. The maximum absolute atomic E-state index is 11.8. The van der Waals surface area contributed by atoms with E-state index in [4.69, 9.17) is 4.52 Å². The van der Waals surface area contributed by atoms with Crippen molar-refractivity contribution in [3.63, 3.8) is 0 Å². The lowest BCUT2D eigenvalue weighted by molar-refractivity contribution is -0.137. The highest BCUT2D eigenvalue weighted by Gasteiger charge is 2.39. The van der Waals surface area contributed by atoms with Crippen LogP contribution < -0.4 is 0 Å². The number of benzene rings is 1. The zero-order valence-corrected chi connectivity index (χ0v) is 15.6. The van der Waals surface area contributed by atoms with Crippen molar-refractivity contribution in [2.24, 2.45) is 5.41 Å². The lowest BCUT2D eigenvalue weighted by atomic mass is 9.72. The first-order chi connectivity index (χ1) is 12.5. The van der Waals surface area contributed by atoms with Crippen LogP contribution in [0.4, 0.5) is 0 Å². The lowest BCUT2D eigenvalue weighted by Crippen LogP contribution is -2.50. The smallest absolute Gasteiger partial charge is 0.257 e. The lowest BCUT2D eigenvalue weighted by Gasteiger charge is -2.46. The summed E-state index contributed by atoms with van der Waals surface area (Å²) in [6.45, 7) is 5.73. The zero-order chi connectivity index (χ0) is 18.1. The summed E-state index contributed by atoms with van der Waals surface area (Å²) >= 11 is 0. The van der Waals surface area contributed by atoms with Gasteiger partial charge in [0.1, 0.15) is 0 Å². The first kappa shape index (κ1) is 17.2. The molecule has 0 atom stereocenters. The third-order valence-electron chi connectivity index (χ3n) is 5.92. The van der Waals surface area contributed by atoms with Gasteiger partial charge in [0.05, 0.1) is 6.54 Å². The normalized spacial score (nSPS) is 20.7. The Morgan fingerprint density at radius 3 is 2.58 bits per heavy atom. The van der Waals surface area contributed by atoms with E-state index in [1.807, 2.05) is 24.1 Å². The van der Waals surface area contributed by atoms with Crippen molar-refractivity contribution in [1.29, 1.82) is 0 Å². The molecule has 3 heterocycles. The number of amides is 1. The summed E-state index contributed by atoms with van der Waals surface area (Å²) in [5.41, 5.74) is 2.48. The van der Waals surface area contributed by atoms with Crippen LogP contribution in [-0.4, -0.2) is 52.5 Å². The fraction of sp³-hybridized carbons (Fsp3) is 0.550. The molecule has 2 aliphatic heterocycles. The predicted octanol–water partition coefficient (Wildman–Crippen LogP) is 2.88. The molecule has 6 heteroatoms. The highest BCUT2D eigenvalue weighted by atomic mass is 16.5. The third-order valence-corrected chi connectivity index (χ3v) is 5.92. The summed E-state index contributed by atoms with van der Waals surface area (Å²) in [7, 11) is 1.93. The van der Waals surface area contributed by atoms with Gasteiger partial charge in [-0.05, 0) is 56.8 Å². The van der Waals surface area contributed by atoms with Crippen LogP contribution in [0.2, 0.25) is 0 Å². The van der Waals surface area contributed by atoms with Gasteiger partial charge in [0.25, 0.3) is 5.89 Å². The van der Waals surface area contributed by atoms with Gasteiger partial charge in [0.15, 0.2) is 5.82 Å². The molecular weight excluding hydrogens is 328 g/mol. The first-order valence-electron chi connectivity index (χ1n) is 9.39. The highest BCUT2D eigenvalue weighted by Crippen LogP contribution is 2.40. The van der Waals surface area contributed by atoms with E-state index in [0.717, 1.165) is 56.8 Å². The molecule has 0 aliphatic carbocycles. The summed E-state index contributed by atoms with van der Waals surface area (Å²) in [6, 6.07) is 8.13. The second kappa shape index (κ2) is 6.83. The number of nitrogens with zero attached hydrogens (tertiary/aromatic N) is 4. The molecule has 138 valence electrons. The van der Waals surface area contributed by atoms with E-state index in [1.54, 1.807) is 0 Å². The Balaban J connectivity index is 1.35. The third kappa shape index (κ3) is 3.51. The topological polar surface area (TPSA) is 62.5 Å². The molecule has 6 nitrogen and oxygen atoms in total. The maximum Gasteiger partial charge on any atom is 0.257 e. The largest absolute Gasteiger partial charge is 0.345 e. The molecular formula is C20H26N4O2. The molecule has 2 saturated heterocycles. The zero-order valence-electron chi connectivity index (χ0n) is 15.6. The number of hydrogen-bond donors (Lipinski definition) is 0. The minimum absolute atomic E-state index is 0.286. The van der Waals surface area contributed by atoms with Crippen LogP contribution in [0.15, 0.2) is 28.8 Å². The Morgan fingerprint density at radius 2 is 1.88 bits per heavy atom. The summed E-state index contributed by atoms with van der Waals surface area (Å²) in [5, 5.41) is 4.15. The van der Waals surface area contributed by atoms with Gasteiger partial charge in [-0.3, -0.25) is 9.69 Å². The quantitative estimate of drug-likeness (QED) is 0.848. The number of carbonyl (C=O) groups is 1. The van der Waals surface area contributed by atoms with E-state index in [-0.39, 0.29) is 5.91 Å². The summed E-state index contributed by atoms with van der Waals surface area (Å²) in [4.78, 5) is 20.6. The van der Waals surface area contributed by atoms with Crippen LogP contribution in [0.1, 0.15) is 37.1 Å². The van der Waals surface area contributed by atoms with Crippen LogP contribution in [0, 0.1) is 12.3 Å². The van der Waals surface area contributed by atoms with E-state index in [9.17, 15) is 4.79 Å². The molecule has 0 bridgehead atoms. The summed E-state index contributed by atoms with van der Waals surface area (Å²) < 4.78 is 5.44. The van der Waals surface area contributed by atoms with E-state index in [0.29, 0.717) is 17.7 Å². The van der Waals surface area contributed by atoms with Crippen molar-refractivity contribution in [1.82, 2.24) is 19.9 Å². The van der Waals surface area contributed by atoms with E-state index < -0.39 is 0 Å². The molecule has 1 aromatic heterocycles. The molecule has 2 aromatic rings. The minimum atomic E-state index is 0.286. The Labute approximate surface area is 154 Å². The average Bonchev–Trinajstić information content (AvgIpc) is 3.10. The molecule has 1 amide bonds. The second-order valence-corrected chi connectivity index (χ2v) is 7.91. The molecule has 1 aromatic carbocycles. The maximum atomic E-state index is 11.8. The monoisotopic (exact) mass is 354 g/mol. The second-order valence-electron chi connectivity index (χ2n) is 7.91. The number of carbonyl (C=O) groups excluding carboxylic acids is 1. The molecule has 0 radical (unpaired) electrons. The fourth-order valence-corrected chi connectivity index (χ4v) is 4.16. The molecule has 2 aliphatic rings. The average molecular weight is 354 g/mol. The number of piperidine rings is 2. The Morgan fingerprint density at radius 1 is 1.15 bits per heavy atom. The number of likely N-dealkylation sites (tertiary alicyclic amines) is 2.